The standard InChI is InChI=1S/C9H17NO3S/c1-3-4-7(9(12)13)5-10-8(11)6-14-2/h7H,3-6H2,1-2H3,(H,10,11)(H,12,13). The van der Waals surface area contributed by atoms with Crippen molar-refractivity contribution in [3.8, 4) is 0 Å². The molecule has 0 radical (unpaired) electrons. The Morgan fingerprint density at radius 1 is 1.50 bits per heavy atom. The van der Waals surface area contributed by atoms with Crippen LogP contribution < -0.4 is 5.32 Å². The van der Waals surface area contributed by atoms with Crippen LogP contribution in [0, 0.1) is 5.92 Å². The monoisotopic (exact) mass is 219 g/mol. The van der Waals surface area contributed by atoms with Gasteiger partial charge in [0.2, 0.25) is 5.91 Å². The Labute approximate surface area is 88.4 Å². The Balaban J connectivity index is 3.81. The van der Waals surface area contributed by atoms with Gasteiger partial charge in [-0.25, -0.2) is 0 Å². The molecule has 0 fully saturated rings. The molecular weight excluding hydrogens is 202 g/mol. The van der Waals surface area contributed by atoms with E-state index in [-0.39, 0.29) is 12.5 Å². The molecule has 0 saturated carbocycles. The molecule has 5 heteroatoms. The summed E-state index contributed by atoms with van der Waals surface area (Å²) in [5.41, 5.74) is 0. The number of aliphatic carboxylic acids is 1. The molecule has 0 aliphatic rings. The number of thioether (sulfide) groups is 1. The molecule has 0 bridgehead atoms. The summed E-state index contributed by atoms with van der Waals surface area (Å²) in [7, 11) is 0. The molecule has 4 nitrogen and oxygen atoms in total. The van der Waals surface area contributed by atoms with Gasteiger partial charge in [0.1, 0.15) is 0 Å². The Morgan fingerprint density at radius 2 is 2.14 bits per heavy atom. The average Bonchev–Trinajstić information content (AvgIpc) is 2.12. The molecule has 0 spiro atoms. The van der Waals surface area contributed by atoms with E-state index < -0.39 is 11.9 Å². The van der Waals surface area contributed by atoms with Gasteiger partial charge in [0.15, 0.2) is 0 Å². The van der Waals surface area contributed by atoms with Crippen LogP contribution in [0.3, 0.4) is 0 Å². The number of carbonyl (C=O) groups is 2. The van der Waals surface area contributed by atoms with E-state index >= 15 is 0 Å². The molecule has 0 aromatic rings. The van der Waals surface area contributed by atoms with Gasteiger partial charge < -0.3 is 10.4 Å². The van der Waals surface area contributed by atoms with Crippen molar-refractivity contribution >= 4 is 23.6 Å². The highest BCUT2D eigenvalue weighted by Crippen LogP contribution is 2.05. The maximum atomic E-state index is 11.0. The lowest BCUT2D eigenvalue weighted by molar-refractivity contribution is -0.141. The van der Waals surface area contributed by atoms with Crippen molar-refractivity contribution in [2.75, 3.05) is 18.6 Å². The molecule has 0 rings (SSSR count). The predicted molar refractivity (Wildman–Crippen MR) is 57.4 cm³/mol. The number of nitrogens with one attached hydrogen (secondary N) is 1. The van der Waals surface area contributed by atoms with Crippen molar-refractivity contribution in [1.29, 1.82) is 0 Å². The summed E-state index contributed by atoms with van der Waals surface area (Å²) in [6, 6.07) is 0. The minimum absolute atomic E-state index is 0.0974. The highest BCUT2D eigenvalue weighted by Gasteiger charge is 2.16. The first-order chi connectivity index (χ1) is 6.61. The normalized spacial score (nSPS) is 12.1. The van der Waals surface area contributed by atoms with Crippen LogP contribution in [-0.2, 0) is 9.59 Å². The predicted octanol–water partition coefficient (Wildman–Crippen LogP) is 0.967. The summed E-state index contributed by atoms with van der Waals surface area (Å²) in [4.78, 5) is 21.8. The summed E-state index contributed by atoms with van der Waals surface area (Å²) >= 11 is 1.42. The number of amides is 1. The van der Waals surface area contributed by atoms with Crippen molar-refractivity contribution in [1.82, 2.24) is 5.32 Å². The quantitative estimate of drug-likeness (QED) is 0.669. The molecule has 0 saturated heterocycles. The lowest BCUT2D eigenvalue weighted by Gasteiger charge is -2.11. The van der Waals surface area contributed by atoms with Gasteiger partial charge in [-0.05, 0) is 12.7 Å². The maximum absolute atomic E-state index is 11.0. The van der Waals surface area contributed by atoms with Crippen LogP contribution in [0.25, 0.3) is 0 Å². The van der Waals surface area contributed by atoms with E-state index in [4.69, 9.17) is 5.11 Å². The van der Waals surface area contributed by atoms with Crippen LogP contribution in [0.4, 0.5) is 0 Å². The lowest BCUT2D eigenvalue weighted by atomic mass is 10.0. The van der Waals surface area contributed by atoms with E-state index in [2.05, 4.69) is 5.32 Å². The Morgan fingerprint density at radius 3 is 2.57 bits per heavy atom. The van der Waals surface area contributed by atoms with Crippen LogP contribution in [0.15, 0.2) is 0 Å². The Bertz CT molecular complexity index is 196. The number of carbonyl (C=O) groups excluding carboxylic acids is 1. The minimum Gasteiger partial charge on any atom is -0.481 e. The third-order valence-corrected chi connectivity index (χ3v) is 2.36. The van der Waals surface area contributed by atoms with Crippen molar-refractivity contribution < 1.29 is 14.7 Å². The molecule has 14 heavy (non-hydrogen) atoms. The van der Waals surface area contributed by atoms with Crippen LogP contribution in [0.2, 0.25) is 0 Å². The van der Waals surface area contributed by atoms with Crippen molar-refractivity contribution in [3.05, 3.63) is 0 Å². The molecule has 0 aliphatic carbocycles. The SMILES string of the molecule is CCCC(CNC(=O)CSC)C(=O)O. The summed E-state index contributed by atoms with van der Waals surface area (Å²) in [5, 5.41) is 11.4. The van der Waals surface area contributed by atoms with Crippen LogP contribution >= 0.6 is 11.8 Å². The molecule has 0 aromatic heterocycles. The van der Waals surface area contributed by atoms with E-state index in [1.54, 1.807) is 0 Å². The Kier molecular flexibility index (Phi) is 7.28. The van der Waals surface area contributed by atoms with Gasteiger partial charge in [-0.2, -0.15) is 11.8 Å². The fraction of sp³-hybridized carbons (Fsp3) is 0.778. The molecule has 2 N–H and O–H groups in total. The van der Waals surface area contributed by atoms with Crippen LogP contribution in [0.1, 0.15) is 19.8 Å². The van der Waals surface area contributed by atoms with Gasteiger partial charge in [0.05, 0.1) is 11.7 Å². The van der Waals surface area contributed by atoms with Crippen molar-refractivity contribution in [3.63, 3.8) is 0 Å². The zero-order valence-corrected chi connectivity index (χ0v) is 9.39. The van der Waals surface area contributed by atoms with Crippen molar-refractivity contribution in [2.24, 2.45) is 5.92 Å². The molecule has 82 valence electrons. The largest absolute Gasteiger partial charge is 0.481 e. The van der Waals surface area contributed by atoms with E-state index in [1.165, 1.54) is 11.8 Å². The van der Waals surface area contributed by atoms with Gasteiger partial charge in [-0.3, -0.25) is 9.59 Å². The van der Waals surface area contributed by atoms with Gasteiger partial charge >= 0.3 is 5.97 Å². The maximum Gasteiger partial charge on any atom is 0.308 e. The first kappa shape index (κ1) is 13.3. The zero-order valence-electron chi connectivity index (χ0n) is 8.58. The first-order valence-corrected chi connectivity index (χ1v) is 5.99. The zero-order chi connectivity index (χ0) is 11.0. The fourth-order valence-corrected chi connectivity index (χ4v) is 1.44. The molecule has 1 unspecified atom stereocenters. The van der Waals surface area contributed by atoms with Gasteiger partial charge in [0, 0.05) is 6.54 Å². The molecule has 0 aliphatic heterocycles. The molecule has 0 aromatic carbocycles. The third kappa shape index (κ3) is 5.85. The molecule has 1 amide bonds. The van der Waals surface area contributed by atoms with Crippen LogP contribution in [0.5, 0.6) is 0 Å². The summed E-state index contributed by atoms with van der Waals surface area (Å²) < 4.78 is 0. The number of carboxylic acids is 1. The molecular formula is C9H17NO3S. The lowest BCUT2D eigenvalue weighted by Crippen LogP contribution is -2.33. The third-order valence-electron chi connectivity index (χ3n) is 1.81. The van der Waals surface area contributed by atoms with Gasteiger partial charge in [-0.15, -0.1) is 0 Å². The first-order valence-electron chi connectivity index (χ1n) is 4.60. The van der Waals surface area contributed by atoms with E-state index in [0.717, 1.165) is 6.42 Å². The summed E-state index contributed by atoms with van der Waals surface area (Å²) in [6.07, 6.45) is 3.25. The second kappa shape index (κ2) is 7.67. The fourth-order valence-electron chi connectivity index (χ4n) is 1.08. The number of hydrogen-bond donors (Lipinski definition) is 2. The van der Waals surface area contributed by atoms with Gasteiger partial charge in [-0.1, -0.05) is 13.3 Å². The smallest absolute Gasteiger partial charge is 0.308 e. The van der Waals surface area contributed by atoms with Crippen molar-refractivity contribution in [2.45, 2.75) is 19.8 Å². The number of carboxylic acid groups (broad SMARTS) is 1. The topological polar surface area (TPSA) is 66.4 Å². The highest BCUT2D eigenvalue weighted by atomic mass is 32.2. The van der Waals surface area contributed by atoms with Crippen LogP contribution in [-0.4, -0.2) is 35.5 Å². The number of rotatable bonds is 7. The summed E-state index contributed by atoms with van der Waals surface area (Å²) in [5.74, 6) is -1.000. The summed E-state index contributed by atoms with van der Waals surface area (Å²) in [6.45, 7) is 2.17. The number of hydrogen-bond acceptors (Lipinski definition) is 3. The molecule has 0 heterocycles. The van der Waals surface area contributed by atoms with E-state index in [1.807, 2.05) is 13.2 Å². The van der Waals surface area contributed by atoms with E-state index in [0.29, 0.717) is 12.2 Å². The van der Waals surface area contributed by atoms with E-state index in [9.17, 15) is 9.59 Å². The van der Waals surface area contributed by atoms with Gasteiger partial charge in [0.25, 0.3) is 0 Å². The average molecular weight is 219 g/mol. The highest BCUT2D eigenvalue weighted by molar-refractivity contribution is 7.99. The second-order valence-electron chi connectivity index (χ2n) is 3.06. The second-order valence-corrected chi connectivity index (χ2v) is 3.93. The minimum atomic E-state index is -0.837. The molecule has 1 atom stereocenters. The Hall–Kier alpha value is -0.710.